The summed E-state index contributed by atoms with van der Waals surface area (Å²) in [5.41, 5.74) is 0. The van der Waals surface area contributed by atoms with Crippen molar-refractivity contribution in [2.75, 3.05) is 0 Å². The maximum atomic E-state index is 4.40. The summed E-state index contributed by atoms with van der Waals surface area (Å²) in [6, 6.07) is 0. The van der Waals surface area contributed by atoms with Gasteiger partial charge in [-0.2, -0.15) is 0 Å². The van der Waals surface area contributed by atoms with Crippen LogP contribution in [0.1, 0.15) is 26.7 Å². The smallest absolute Gasteiger partial charge is 0.176 e. The molecule has 2 rings (SSSR count). The van der Waals surface area contributed by atoms with Gasteiger partial charge < -0.3 is 9.13 Å². The molecule has 0 N–H and O–H groups in total. The predicted molar refractivity (Wildman–Crippen MR) is 64.0 cm³/mol. The summed E-state index contributed by atoms with van der Waals surface area (Å²) in [6.07, 6.45) is 9.94. The van der Waals surface area contributed by atoms with Gasteiger partial charge in [0.2, 0.25) is 0 Å². The van der Waals surface area contributed by atoms with Crippen LogP contribution in [0.5, 0.6) is 0 Å². The molecule has 0 atom stereocenters. The summed E-state index contributed by atoms with van der Waals surface area (Å²) in [6.45, 7) is 6.33. The summed E-state index contributed by atoms with van der Waals surface area (Å²) in [5.74, 6) is 1.95. The Bertz CT molecular complexity index is 399. The van der Waals surface area contributed by atoms with E-state index in [1.54, 1.807) is 0 Å². The minimum absolute atomic E-state index is 0.973. The van der Waals surface area contributed by atoms with E-state index in [1.165, 1.54) is 0 Å². The van der Waals surface area contributed by atoms with Gasteiger partial charge >= 0.3 is 0 Å². The SMILES string of the molecule is CCCn1ccnc1-c1nccn1CCC. The zero-order valence-corrected chi connectivity index (χ0v) is 9.93. The van der Waals surface area contributed by atoms with E-state index in [9.17, 15) is 0 Å². The molecule has 0 fully saturated rings. The molecule has 0 aliphatic heterocycles. The molecule has 2 heterocycles. The van der Waals surface area contributed by atoms with Crippen LogP contribution in [0.2, 0.25) is 0 Å². The lowest BCUT2D eigenvalue weighted by Gasteiger charge is -2.08. The zero-order valence-electron chi connectivity index (χ0n) is 9.93. The minimum Gasteiger partial charge on any atom is -0.328 e. The first-order chi connectivity index (χ1) is 7.86. The van der Waals surface area contributed by atoms with E-state index in [2.05, 4.69) is 32.9 Å². The molecule has 86 valence electrons. The van der Waals surface area contributed by atoms with Crippen LogP contribution in [0.3, 0.4) is 0 Å². The molecular formula is C12H18N4. The standard InChI is InChI=1S/C12H18N4/c1-3-7-15-9-5-13-11(15)12-14-6-10-16(12)8-4-2/h5-6,9-10H,3-4,7-8H2,1-2H3. The van der Waals surface area contributed by atoms with Crippen molar-refractivity contribution in [3.63, 3.8) is 0 Å². The maximum absolute atomic E-state index is 4.40. The van der Waals surface area contributed by atoms with Crippen LogP contribution in [0.15, 0.2) is 24.8 Å². The topological polar surface area (TPSA) is 35.6 Å². The molecule has 2 aromatic heterocycles. The number of rotatable bonds is 5. The van der Waals surface area contributed by atoms with Crippen molar-refractivity contribution in [2.24, 2.45) is 0 Å². The van der Waals surface area contributed by atoms with Gasteiger partial charge in [0.25, 0.3) is 0 Å². The number of hydrogen-bond acceptors (Lipinski definition) is 2. The van der Waals surface area contributed by atoms with Crippen molar-refractivity contribution in [3.05, 3.63) is 24.8 Å². The molecule has 4 nitrogen and oxygen atoms in total. The third-order valence-electron chi connectivity index (χ3n) is 2.56. The normalized spacial score (nSPS) is 10.9. The molecule has 0 saturated carbocycles. The molecule has 2 aromatic rings. The molecule has 0 spiro atoms. The molecule has 16 heavy (non-hydrogen) atoms. The minimum atomic E-state index is 0.973. The Morgan fingerprint density at radius 2 is 1.31 bits per heavy atom. The Kier molecular flexibility index (Phi) is 3.39. The second kappa shape index (κ2) is 4.96. The fraction of sp³-hybridized carbons (Fsp3) is 0.500. The van der Waals surface area contributed by atoms with Gasteiger partial charge in [-0.05, 0) is 12.8 Å². The molecule has 0 aliphatic rings. The lowest BCUT2D eigenvalue weighted by atomic mass is 10.4. The van der Waals surface area contributed by atoms with E-state index in [0.29, 0.717) is 0 Å². The Morgan fingerprint density at radius 1 is 0.875 bits per heavy atom. The number of hydrogen-bond donors (Lipinski definition) is 0. The van der Waals surface area contributed by atoms with Crippen molar-refractivity contribution in [2.45, 2.75) is 39.8 Å². The molecule has 0 saturated heterocycles. The number of aryl methyl sites for hydroxylation is 2. The zero-order chi connectivity index (χ0) is 11.4. The van der Waals surface area contributed by atoms with E-state index < -0.39 is 0 Å². The quantitative estimate of drug-likeness (QED) is 0.773. The van der Waals surface area contributed by atoms with Crippen LogP contribution in [-0.4, -0.2) is 19.1 Å². The third-order valence-corrected chi connectivity index (χ3v) is 2.56. The molecule has 0 aromatic carbocycles. The second-order valence-electron chi connectivity index (χ2n) is 3.89. The third kappa shape index (κ3) is 2.01. The van der Waals surface area contributed by atoms with Crippen LogP contribution in [0.4, 0.5) is 0 Å². The Morgan fingerprint density at radius 3 is 1.69 bits per heavy atom. The van der Waals surface area contributed by atoms with E-state index in [0.717, 1.165) is 37.6 Å². The van der Waals surface area contributed by atoms with Crippen LogP contribution < -0.4 is 0 Å². The summed E-state index contributed by atoms with van der Waals surface area (Å²) >= 11 is 0. The van der Waals surface area contributed by atoms with Gasteiger partial charge in [-0.1, -0.05) is 13.8 Å². The molecule has 0 radical (unpaired) electrons. The van der Waals surface area contributed by atoms with Crippen molar-refractivity contribution in [1.82, 2.24) is 19.1 Å². The lowest BCUT2D eigenvalue weighted by Crippen LogP contribution is -2.05. The monoisotopic (exact) mass is 218 g/mol. The predicted octanol–water partition coefficient (Wildman–Crippen LogP) is 2.57. The van der Waals surface area contributed by atoms with Gasteiger partial charge in [0, 0.05) is 37.9 Å². The fourth-order valence-corrected chi connectivity index (χ4v) is 1.87. The maximum Gasteiger partial charge on any atom is 0.176 e. The van der Waals surface area contributed by atoms with E-state index >= 15 is 0 Å². The van der Waals surface area contributed by atoms with E-state index in [-0.39, 0.29) is 0 Å². The summed E-state index contributed by atoms with van der Waals surface area (Å²) in [4.78, 5) is 8.80. The Hall–Kier alpha value is -1.58. The number of aromatic nitrogens is 4. The van der Waals surface area contributed by atoms with Crippen molar-refractivity contribution in [1.29, 1.82) is 0 Å². The van der Waals surface area contributed by atoms with Gasteiger partial charge in [0.15, 0.2) is 11.6 Å². The number of imidazole rings is 2. The van der Waals surface area contributed by atoms with Gasteiger partial charge in [0.1, 0.15) is 0 Å². The highest BCUT2D eigenvalue weighted by Gasteiger charge is 2.10. The van der Waals surface area contributed by atoms with Crippen molar-refractivity contribution >= 4 is 0 Å². The Balaban J connectivity index is 2.34. The molecule has 0 aliphatic carbocycles. The van der Waals surface area contributed by atoms with Crippen LogP contribution in [0.25, 0.3) is 11.6 Å². The largest absolute Gasteiger partial charge is 0.328 e. The average Bonchev–Trinajstić information content (AvgIpc) is 2.87. The highest BCUT2D eigenvalue weighted by Crippen LogP contribution is 2.16. The number of nitrogens with zero attached hydrogens (tertiary/aromatic N) is 4. The van der Waals surface area contributed by atoms with Crippen molar-refractivity contribution < 1.29 is 0 Å². The summed E-state index contributed by atoms with van der Waals surface area (Å²) in [7, 11) is 0. The highest BCUT2D eigenvalue weighted by molar-refractivity contribution is 5.44. The molecular weight excluding hydrogens is 200 g/mol. The van der Waals surface area contributed by atoms with Crippen LogP contribution in [0, 0.1) is 0 Å². The van der Waals surface area contributed by atoms with E-state index in [4.69, 9.17) is 0 Å². The van der Waals surface area contributed by atoms with Crippen molar-refractivity contribution in [3.8, 4) is 11.6 Å². The average molecular weight is 218 g/mol. The first kappa shape index (κ1) is 10.9. The highest BCUT2D eigenvalue weighted by atomic mass is 15.1. The molecule has 0 bridgehead atoms. The van der Waals surface area contributed by atoms with E-state index in [1.807, 2.05) is 24.8 Å². The first-order valence-electron chi connectivity index (χ1n) is 5.89. The molecule has 4 heteroatoms. The van der Waals surface area contributed by atoms with Gasteiger partial charge in [-0.15, -0.1) is 0 Å². The molecule has 0 amide bonds. The van der Waals surface area contributed by atoms with Crippen LogP contribution >= 0.6 is 0 Å². The summed E-state index contributed by atoms with van der Waals surface area (Å²) in [5, 5.41) is 0. The van der Waals surface area contributed by atoms with Gasteiger partial charge in [0.05, 0.1) is 0 Å². The summed E-state index contributed by atoms with van der Waals surface area (Å²) < 4.78 is 4.32. The lowest BCUT2D eigenvalue weighted by molar-refractivity contribution is 0.654. The molecule has 0 unspecified atom stereocenters. The Labute approximate surface area is 96.0 Å². The van der Waals surface area contributed by atoms with Crippen LogP contribution in [-0.2, 0) is 13.1 Å². The fourth-order valence-electron chi connectivity index (χ4n) is 1.87. The first-order valence-corrected chi connectivity index (χ1v) is 5.89. The second-order valence-corrected chi connectivity index (χ2v) is 3.89. The van der Waals surface area contributed by atoms with Gasteiger partial charge in [-0.3, -0.25) is 0 Å². The van der Waals surface area contributed by atoms with Gasteiger partial charge in [-0.25, -0.2) is 9.97 Å².